The Bertz CT molecular complexity index is 526. The Morgan fingerprint density at radius 3 is 2.44 bits per heavy atom. The molecule has 27 heavy (non-hydrogen) atoms. The van der Waals surface area contributed by atoms with Crippen LogP contribution in [0.15, 0.2) is 29.3 Å². The van der Waals surface area contributed by atoms with E-state index in [9.17, 15) is 0 Å². The van der Waals surface area contributed by atoms with E-state index >= 15 is 0 Å². The van der Waals surface area contributed by atoms with E-state index in [1.165, 1.54) is 11.1 Å². The van der Waals surface area contributed by atoms with Crippen LogP contribution in [0.25, 0.3) is 0 Å². The second-order valence-electron chi connectivity index (χ2n) is 6.59. The maximum absolute atomic E-state index is 5.46. The maximum atomic E-state index is 5.46. The van der Waals surface area contributed by atoms with E-state index in [1.807, 2.05) is 0 Å². The smallest absolute Gasteiger partial charge is 0.191 e. The predicted octanol–water partition coefficient (Wildman–Crippen LogP) is 2.86. The summed E-state index contributed by atoms with van der Waals surface area (Å²) in [5.41, 5.74) is 2.64. The third-order valence-electron chi connectivity index (χ3n) is 4.28. The summed E-state index contributed by atoms with van der Waals surface area (Å²) in [6, 6.07) is 9.08. The van der Waals surface area contributed by atoms with Gasteiger partial charge in [-0.25, -0.2) is 0 Å². The van der Waals surface area contributed by atoms with Crippen molar-refractivity contribution in [3.8, 4) is 0 Å². The summed E-state index contributed by atoms with van der Waals surface area (Å²) in [6.07, 6.45) is 0.931. The van der Waals surface area contributed by atoms with Gasteiger partial charge in [0.1, 0.15) is 0 Å². The van der Waals surface area contributed by atoms with E-state index in [4.69, 9.17) is 9.47 Å². The van der Waals surface area contributed by atoms with Crippen LogP contribution in [0.5, 0.6) is 0 Å². The predicted molar refractivity (Wildman–Crippen MR) is 124 cm³/mol. The van der Waals surface area contributed by atoms with E-state index in [2.05, 4.69) is 65.7 Å². The normalized spacial score (nSPS) is 11.6. The fourth-order valence-electron chi connectivity index (χ4n) is 2.36. The van der Waals surface area contributed by atoms with Crippen LogP contribution in [0, 0.1) is 0 Å². The van der Waals surface area contributed by atoms with Gasteiger partial charge in [0.05, 0.1) is 13.2 Å². The molecule has 1 aromatic rings. The number of ether oxygens (including phenoxy) is 2. The highest BCUT2D eigenvalue weighted by Gasteiger charge is 2.08. The number of nitrogens with one attached hydrogen (secondary N) is 2. The Hall–Kier alpha value is -0.900. The SMILES string of the molecule is CN=C(NCCCOCCOC)NCc1ccccc1CN(C)C(C)C.I. The summed E-state index contributed by atoms with van der Waals surface area (Å²) in [5, 5.41) is 6.73. The first-order valence-electron chi connectivity index (χ1n) is 9.36. The van der Waals surface area contributed by atoms with Gasteiger partial charge in [0.15, 0.2) is 5.96 Å². The summed E-state index contributed by atoms with van der Waals surface area (Å²) in [7, 11) is 5.63. The van der Waals surface area contributed by atoms with Crippen molar-refractivity contribution >= 4 is 29.9 Å². The van der Waals surface area contributed by atoms with Crippen molar-refractivity contribution in [3.63, 3.8) is 0 Å². The van der Waals surface area contributed by atoms with Gasteiger partial charge in [-0.1, -0.05) is 24.3 Å². The Morgan fingerprint density at radius 2 is 1.81 bits per heavy atom. The van der Waals surface area contributed by atoms with Crippen LogP contribution >= 0.6 is 24.0 Å². The van der Waals surface area contributed by atoms with Crippen LogP contribution in [0.1, 0.15) is 31.4 Å². The van der Waals surface area contributed by atoms with Crippen LogP contribution in [0.4, 0.5) is 0 Å². The Kier molecular flexibility index (Phi) is 15.6. The van der Waals surface area contributed by atoms with E-state index in [0.29, 0.717) is 19.3 Å². The number of hydrogen-bond acceptors (Lipinski definition) is 4. The van der Waals surface area contributed by atoms with Crippen molar-refractivity contribution in [1.82, 2.24) is 15.5 Å². The lowest BCUT2D eigenvalue weighted by Gasteiger charge is -2.23. The van der Waals surface area contributed by atoms with Crippen molar-refractivity contribution < 1.29 is 9.47 Å². The first-order chi connectivity index (χ1) is 12.6. The molecule has 0 fully saturated rings. The average molecular weight is 492 g/mol. The first-order valence-corrected chi connectivity index (χ1v) is 9.36. The van der Waals surface area contributed by atoms with Gasteiger partial charge in [0, 0.05) is 46.4 Å². The van der Waals surface area contributed by atoms with E-state index in [-0.39, 0.29) is 24.0 Å². The zero-order valence-corrected chi connectivity index (χ0v) is 19.8. The fourth-order valence-corrected chi connectivity index (χ4v) is 2.36. The van der Waals surface area contributed by atoms with Gasteiger partial charge in [-0.2, -0.15) is 0 Å². The lowest BCUT2D eigenvalue weighted by molar-refractivity contribution is 0.0698. The molecule has 0 aliphatic rings. The minimum absolute atomic E-state index is 0. The topological polar surface area (TPSA) is 58.1 Å². The standard InChI is InChI=1S/C20H36N4O2.HI/c1-17(2)24(4)16-19-10-7-6-9-18(19)15-23-20(21-3)22-11-8-12-26-14-13-25-5;/h6-7,9-10,17H,8,11-16H2,1-5H3,(H2,21,22,23);1H. The van der Waals surface area contributed by atoms with Crippen molar-refractivity contribution in [3.05, 3.63) is 35.4 Å². The van der Waals surface area contributed by atoms with Crippen LogP contribution in [0.2, 0.25) is 0 Å². The molecule has 0 unspecified atom stereocenters. The third-order valence-corrected chi connectivity index (χ3v) is 4.28. The minimum atomic E-state index is 0. The molecule has 0 saturated heterocycles. The number of guanidine groups is 1. The molecule has 0 atom stereocenters. The number of halogens is 1. The minimum Gasteiger partial charge on any atom is -0.382 e. The van der Waals surface area contributed by atoms with E-state index in [1.54, 1.807) is 14.2 Å². The Balaban J connectivity index is 0.00000676. The molecule has 0 radical (unpaired) electrons. The largest absolute Gasteiger partial charge is 0.382 e. The fraction of sp³-hybridized carbons (Fsp3) is 0.650. The number of aliphatic imine (C=N–C) groups is 1. The molecule has 2 N–H and O–H groups in total. The summed E-state index contributed by atoms with van der Waals surface area (Å²) in [6.45, 7) is 8.96. The van der Waals surface area contributed by atoms with Crippen molar-refractivity contribution in [2.75, 3.05) is 47.6 Å². The van der Waals surface area contributed by atoms with Crippen LogP contribution in [0.3, 0.4) is 0 Å². The molecule has 7 heteroatoms. The zero-order chi connectivity index (χ0) is 19.2. The third kappa shape index (κ3) is 11.5. The molecule has 1 aromatic carbocycles. The number of benzene rings is 1. The first kappa shape index (κ1) is 26.1. The van der Waals surface area contributed by atoms with Crippen LogP contribution in [-0.4, -0.2) is 64.5 Å². The molecule has 0 spiro atoms. The molecule has 0 aliphatic heterocycles. The maximum Gasteiger partial charge on any atom is 0.191 e. The Labute approximate surface area is 182 Å². The second kappa shape index (κ2) is 16.1. The van der Waals surface area contributed by atoms with Crippen molar-refractivity contribution in [2.45, 2.75) is 39.4 Å². The quantitative estimate of drug-likeness (QED) is 0.204. The van der Waals surface area contributed by atoms with Gasteiger partial charge in [-0.15, -0.1) is 24.0 Å². The Morgan fingerprint density at radius 1 is 1.11 bits per heavy atom. The number of rotatable bonds is 12. The summed E-state index contributed by atoms with van der Waals surface area (Å²) < 4.78 is 10.4. The molecule has 0 amide bonds. The lowest BCUT2D eigenvalue weighted by Crippen LogP contribution is -2.38. The summed E-state index contributed by atoms with van der Waals surface area (Å²) in [4.78, 5) is 6.64. The highest BCUT2D eigenvalue weighted by atomic mass is 127. The molecule has 156 valence electrons. The van der Waals surface area contributed by atoms with Gasteiger partial charge in [0.25, 0.3) is 0 Å². The summed E-state index contributed by atoms with van der Waals surface area (Å²) >= 11 is 0. The molecule has 0 aliphatic carbocycles. The summed E-state index contributed by atoms with van der Waals surface area (Å²) in [5.74, 6) is 0.814. The van der Waals surface area contributed by atoms with Crippen molar-refractivity contribution in [1.29, 1.82) is 0 Å². The number of hydrogen-bond donors (Lipinski definition) is 2. The van der Waals surface area contributed by atoms with Crippen LogP contribution in [-0.2, 0) is 22.6 Å². The molecule has 0 saturated carbocycles. The second-order valence-corrected chi connectivity index (χ2v) is 6.59. The van der Waals surface area contributed by atoms with E-state index in [0.717, 1.165) is 38.6 Å². The van der Waals surface area contributed by atoms with Crippen LogP contribution < -0.4 is 10.6 Å². The highest BCUT2D eigenvalue weighted by molar-refractivity contribution is 14.0. The zero-order valence-electron chi connectivity index (χ0n) is 17.5. The number of methoxy groups -OCH3 is 1. The monoisotopic (exact) mass is 492 g/mol. The van der Waals surface area contributed by atoms with Crippen molar-refractivity contribution in [2.24, 2.45) is 4.99 Å². The number of nitrogens with zero attached hydrogens (tertiary/aromatic N) is 2. The lowest BCUT2D eigenvalue weighted by atomic mass is 10.1. The molecule has 0 bridgehead atoms. The molecular weight excluding hydrogens is 455 g/mol. The molecule has 0 heterocycles. The molecule has 6 nitrogen and oxygen atoms in total. The molecular formula is C20H37IN4O2. The van der Waals surface area contributed by atoms with Gasteiger partial charge in [0.2, 0.25) is 0 Å². The molecule has 0 aromatic heterocycles. The van der Waals surface area contributed by atoms with Gasteiger partial charge < -0.3 is 20.1 Å². The van der Waals surface area contributed by atoms with Gasteiger partial charge >= 0.3 is 0 Å². The van der Waals surface area contributed by atoms with Gasteiger partial charge in [-0.05, 0) is 38.4 Å². The van der Waals surface area contributed by atoms with E-state index < -0.39 is 0 Å². The molecule has 1 rings (SSSR count). The van der Waals surface area contributed by atoms with Gasteiger partial charge in [-0.3, -0.25) is 9.89 Å². The highest BCUT2D eigenvalue weighted by Crippen LogP contribution is 2.12. The average Bonchev–Trinajstić information content (AvgIpc) is 2.64.